The zero-order valence-corrected chi connectivity index (χ0v) is 23.8. The fourth-order valence-electron chi connectivity index (χ4n) is 2.82. The van der Waals surface area contributed by atoms with E-state index in [2.05, 4.69) is 31.1 Å². The molecule has 0 aliphatic rings. The standard InChI is InChI=1S/C24H30N2O7.C5H12.H2/c1-15(2)23(28)32-14-31-21-19(30-5)11-12-25-20(21)22(27)26-17(4)24(29)33-16(3)13-18-9-7-6-8-10-18;1-4-5(2)3;/h6-12,15-17H,13-14H2,1-5H3,(H,26,27);5H,4H2,1-3H3;1H/t16-,17-;;/m0../s1. The normalized spacial score (nSPS) is 12.1. The van der Waals surface area contributed by atoms with Gasteiger partial charge in [0.15, 0.2) is 17.2 Å². The molecule has 0 saturated carbocycles. The molecule has 1 aromatic carbocycles. The molecule has 212 valence electrons. The van der Waals surface area contributed by atoms with Gasteiger partial charge in [0, 0.05) is 20.1 Å². The Kier molecular flexibility index (Phi) is 14.5. The van der Waals surface area contributed by atoms with Crippen molar-refractivity contribution in [1.82, 2.24) is 10.3 Å². The highest BCUT2D eigenvalue weighted by atomic mass is 16.7. The minimum Gasteiger partial charge on any atom is -0.493 e. The van der Waals surface area contributed by atoms with Gasteiger partial charge in [-0.2, -0.15) is 0 Å². The van der Waals surface area contributed by atoms with E-state index in [9.17, 15) is 14.4 Å². The van der Waals surface area contributed by atoms with Crippen LogP contribution >= 0.6 is 0 Å². The van der Waals surface area contributed by atoms with E-state index >= 15 is 0 Å². The summed E-state index contributed by atoms with van der Waals surface area (Å²) >= 11 is 0. The van der Waals surface area contributed by atoms with Crippen molar-refractivity contribution in [2.45, 2.75) is 73.5 Å². The number of carbonyl (C=O) groups excluding carboxylic acids is 3. The number of carbonyl (C=O) groups is 3. The number of rotatable bonds is 12. The zero-order chi connectivity index (χ0) is 28.7. The second-order valence-corrected chi connectivity index (χ2v) is 9.51. The average Bonchev–Trinajstić information content (AvgIpc) is 2.89. The summed E-state index contributed by atoms with van der Waals surface area (Å²) in [4.78, 5) is 41.0. The van der Waals surface area contributed by atoms with Crippen molar-refractivity contribution in [2.75, 3.05) is 13.9 Å². The van der Waals surface area contributed by atoms with Crippen LogP contribution in [0.3, 0.4) is 0 Å². The van der Waals surface area contributed by atoms with E-state index in [4.69, 9.17) is 18.9 Å². The number of hydrogen-bond donors (Lipinski definition) is 1. The van der Waals surface area contributed by atoms with Crippen LogP contribution in [0.2, 0.25) is 0 Å². The van der Waals surface area contributed by atoms with Gasteiger partial charge in [0.1, 0.15) is 12.1 Å². The zero-order valence-electron chi connectivity index (χ0n) is 23.8. The summed E-state index contributed by atoms with van der Waals surface area (Å²) in [7, 11) is 1.40. The largest absolute Gasteiger partial charge is 0.493 e. The van der Waals surface area contributed by atoms with Crippen molar-refractivity contribution >= 4 is 17.8 Å². The molecule has 2 atom stereocenters. The molecular formula is C29H44N2O7. The number of pyridine rings is 1. The number of hydrogen-bond acceptors (Lipinski definition) is 8. The fourth-order valence-corrected chi connectivity index (χ4v) is 2.82. The molecule has 0 fully saturated rings. The van der Waals surface area contributed by atoms with Gasteiger partial charge in [-0.25, -0.2) is 9.78 Å². The Hall–Kier alpha value is -3.62. The third-order valence-electron chi connectivity index (χ3n) is 5.38. The molecule has 2 rings (SSSR count). The minimum absolute atomic E-state index is 0. The molecular weight excluding hydrogens is 488 g/mol. The van der Waals surface area contributed by atoms with Crippen LogP contribution in [0, 0.1) is 11.8 Å². The number of aromatic nitrogens is 1. The number of nitrogens with zero attached hydrogens (tertiary/aromatic N) is 1. The van der Waals surface area contributed by atoms with Gasteiger partial charge in [-0.05, 0) is 25.3 Å². The topological polar surface area (TPSA) is 113 Å². The smallest absolute Gasteiger partial charge is 0.328 e. The van der Waals surface area contributed by atoms with E-state index in [0.717, 1.165) is 11.5 Å². The molecule has 1 N–H and O–H groups in total. The number of esters is 2. The van der Waals surface area contributed by atoms with Gasteiger partial charge in [-0.15, -0.1) is 0 Å². The second kappa shape index (κ2) is 17.0. The predicted molar refractivity (Wildman–Crippen MR) is 147 cm³/mol. The average molecular weight is 533 g/mol. The van der Waals surface area contributed by atoms with Gasteiger partial charge in [-0.3, -0.25) is 9.59 Å². The quantitative estimate of drug-likeness (QED) is 0.293. The van der Waals surface area contributed by atoms with Crippen LogP contribution in [0.1, 0.15) is 72.4 Å². The Bertz CT molecular complexity index is 1020. The van der Waals surface area contributed by atoms with Gasteiger partial charge in [0.25, 0.3) is 5.91 Å². The highest BCUT2D eigenvalue weighted by Crippen LogP contribution is 2.29. The van der Waals surface area contributed by atoms with Gasteiger partial charge < -0.3 is 24.3 Å². The summed E-state index contributed by atoms with van der Waals surface area (Å²) in [6.07, 6.45) is 2.85. The van der Waals surface area contributed by atoms with Crippen molar-refractivity contribution in [3.8, 4) is 11.5 Å². The Morgan fingerprint density at radius 3 is 2.16 bits per heavy atom. The van der Waals surface area contributed by atoms with Gasteiger partial charge in [0.05, 0.1) is 13.0 Å². The number of benzene rings is 1. The van der Waals surface area contributed by atoms with Crippen molar-refractivity contribution in [3.05, 3.63) is 53.9 Å². The summed E-state index contributed by atoms with van der Waals surface area (Å²) in [6, 6.07) is 10.2. The molecule has 0 saturated heterocycles. The third-order valence-corrected chi connectivity index (χ3v) is 5.38. The van der Waals surface area contributed by atoms with Crippen LogP contribution < -0.4 is 14.8 Å². The van der Waals surface area contributed by atoms with E-state index < -0.39 is 30.7 Å². The molecule has 1 heterocycles. The van der Waals surface area contributed by atoms with Crippen molar-refractivity contribution in [3.63, 3.8) is 0 Å². The van der Waals surface area contributed by atoms with Crippen molar-refractivity contribution < 1.29 is 34.8 Å². The maximum absolute atomic E-state index is 12.8. The first-order valence-electron chi connectivity index (χ1n) is 12.9. The summed E-state index contributed by atoms with van der Waals surface area (Å²) in [6.45, 7) is 12.9. The molecule has 0 unspecified atom stereocenters. The molecule has 9 heteroatoms. The maximum Gasteiger partial charge on any atom is 0.328 e. The Morgan fingerprint density at radius 2 is 1.61 bits per heavy atom. The lowest BCUT2D eigenvalue weighted by atomic mass is 10.1. The minimum atomic E-state index is -0.935. The van der Waals surface area contributed by atoms with Crippen LogP contribution in [-0.4, -0.2) is 48.9 Å². The number of nitrogens with one attached hydrogen (secondary N) is 1. The summed E-state index contributed by atoms with van der Waals surface area (Å²) < 4.78 is 21.1. The van der Waals surface area contributed by atoms with Crippen LogP contribution in [0.15, 0.2) is 42.6 Å². The van der Waals surface area contributed by atoms with Crippen LogP contribution in [0.5, 0.6) is 11.5 Å². The lowest BCUT2D eigenvalue weighted by Gasteiger charge is -2.19. The molecule has 9 nitrogen and oxygen atoms in total. The molecule has 0 aliphatic heterocycles. The van der Waals surface area contributed by atoms with E-state index in [1.165, 1.54) is 32.7 Å². The lowest BCUT2D eigenvalue weighted by Crippen LogP contribution is -2.41. The Labute approximate surface area is 227 Å². The van der Waals surface area contributed by atoms with Crippen molar-refractivity contribution in [1.29, 1.82) is 0 Å². The molecule has 0 spiro atoms. The first-order valence-corrected chi connectivity index (χ1v) is 12.9. The monoisotopic (exact) mass is 532 g/mol. The number of ether oxygens (including phenoxy) is 4. The Balaban J connectivity index is 0.00000220. The highest BCUT2D eigenvalue weighted by Gasteiger charge is 2.25. The third kappa shape index (κ3) is 11.6. The highest BCUT2D eigenvalue weighted by molar-refractivity contribution is 5.98. The van der Waals surface area contributed by atoms with E-state index in [-0.39, 0.29) is 30.6 Å². The molecule has 38 heavy (non-hydrogen) atoms. The summed E-state index contributed by atoms with van der Waals surface area (Å²) in [5, 5.41) is 2.56. The first-order chi connectivity index (χ1) is 18.0. The molecule has 0 aliphatic carbocycles. The summed E-state index contributed by atoms with van der Waals surface area (Å²) in [5.74, 6) is -0.931. The second-order valence-electron chi connectivity index (χ2n) is 9.51. The molecule has 0 bridgehead atoms. The Morgan fingerprint density at radius 1 is 0.974 bits per heavy atom. The van der Waals surface area contributed by atoms with Crippen LogP contribution in [-0.2, 0) is 25.5 Å². The van der Waals surface area contributed by atoms with Crippen molar-refractivity contribution in [2.24, 2.45) is 11.8 Å². The fraction of sp³-hybridized carbons (Fsp3) is 0.517. The van der Waals surface area contributed by atoms with Gasteiger partial charge in [0.2, 0.25) is 6.79 Å². The molecule has 2 aromatic rings. The van der Waals surface area contributed by atoms with E-state index in [1.807, 2.05) is 30.3 Å². The maximum atomic E-state index is 12.8. The SMILES string of the molecule is CCC(C)C.COc1ccnc(C(=O)N[C@@H](C)C(=O)O[C@@H](C)Cc2ccccc2)c1OCOC(=O)C(C)C.[HH]. The van der Waals surface area contributed by atoms with E-state index in [1.54, 1.807) is 20.8 Å². The molecule has 1 amide bonds. The predicted octanol–water partition coefficient (Wildman–Crippen LogP) is 5.22. The lowest BCUT2D eigenvalue weighted by molar-refractivity contribution is -0.154. The van der Waals surface area contributed by atoms with Gasteiger partial charge >= 0.3 is 11.9 Å². The molecule has 0 radical (unpaired) electrons. The van der Waals surface area contributed by atoms with E-state index in [0.29, 0.717) is 6.42 Å². The first kappa shape index (κ1) is 32.4. The van der Waals surface area contributed by atoms with Crippen LogP contribution in [0.4, 0.5) is 0 Å². The molecule has 1 aromatic heterocycles. The van der Waals surface area contributed by atoms with Gasteiger partial charge in [-0.1, -0.05) is 71.4 Å². The summed E-state index contributed by atoms with van der Waals surface area (Å²) in [5.41, 5.74) is 0.918. The van der Waals surface area contributed by atoms with Crippen LogP contribution in [0.25, 0.3) is 0 Å². The number of methoxy groups -OCH3 is 1. The number of amides is 1.